The van der Waals surface area contributed by atoms with E-state index in [2.05, 4.69) is 160 Å². The van der Waals surface area contributed by atoms with Gasteiger partial charge in [0.1, 0.15) is 0 Å². The summed E-state index contributed by atoms with van der Waals surface area (Å²) in [6.45, 7) is 14.2. The van der Waals surface area contributed by atoms with Crippen LogP contribution in [0.25, 0.3) is 77.9 Å². The number of fused-ring (bicyclic) bond motifs is 6. The van der Waals surface area contributed by atoms with Crippen molar-refractivity contribution >= 4 is 57.3 Å². The van der Waals surface area contributed by atoms with E-state index < -0.39 is 8.07 Å². The number of pyridine rings is 3. The first-order valence-electron chi connectivity index (χ1n) is 23.2. The minimum atomic E-state index is -1.36. The summed E-state index contributed by atoms with van der Waals surface area (Å²) in [5, 5.41) is 4.60. The van der Waals surface area contributed by atoms with Crippen LogP contribution in [0.15, 0.2) is 138 Å². The Morgan fingerprint density at radius 1 is 0.682 bits per heavy atom. The van der Waals surface area contributed by atoms with Crippen LogP contribution in [0.2, 0.25) is 19.6 Å². The van der Waals surface area contributed by atoms with Crippen molar-refractivity contribution in [3.63, 3.8) is 0 Å². The van der Waals surface area contributed by atoms with Crippen LogP contribution in [0.1, 0.15) is 60.1 Å². The zero-order chi connectivity index (χ0) is 44.7. The smallest absolute Gasteiger partial charge is 0.216 e. The largest absolute Gasteiger partial charge is 0.486 e. The molecule has 10 aromatic rings. The number of hydrogen-bond acceptors (Lipinski definition) is 5. The van der Waals surface area contributed by atoms with Gasteiger partial charge in [0.15, 0.2) is 0 Å². The Bertz CT molecular complexity index is 3310. The summed E-state index contributed by atoms with van der Waals surface area (Å²) < 4.78 is 8.85. The van der Waals surface area contributed by atoms with Crippen LogP contribution in [-0.2, 0) is 33.1 Å². The maximum Gasteiger partial charge on any atom is 0.216 e. The molecule has 1 fully saturated rings. The molecule has 0 saturated heterocycles. The van der Waals surface area contributed by atoms with Crippen molar-refractivity contribution in [2.45, 2.75) is 85.5 Å². The van der Waals surface area contributed by atoms with E-state index in [1.165, 1.54) is 55.2 Å². The second-order valence-electron chi connectivity index (χ2n) is 18.9. The third-order valence-corrected chi connectivity index (χ3v) is 15.2. The van der Waals surface area contributed by atoms with Gasteiger partial charge in [-0.3, -0.25) is 9.97 Å². The van der Waals surface area contributed by atoms with Crippen LogP contribution in [0, 0.1) is 38.8 Å². The molecule has 0 atom stereocenters. The first-order valence-corrected chi connectivity index (χ1v) is 26.7. The number of nitrogens with zero attached hydrogens (tertiary/aromatic N) is 5. The summed E-state index contributed by atoms with van der Waals surface area (Å²) in [6, 6.07) is 50.7. The summed E-state index contributed by atoms with van der Waals surface area (Å²) >= 11 is 0. The Morgan fingerprint density at radius 3 is 2.20 bits per heavy atom. The van der Waals surface area contributed by atoms with Crippen molar-refractivity contribution in [1.82, 2.24) is 24.5 Å². The monoisotopic (exact) mass is 1060 g/mol. The molecule has 0 spiro atoms. The van der Waals surface area contributed by atoms with Crippen LogP contribution in [0.5, 0.6) is 0 Å². The SMILES string of the molecule is C[Si](C)(C)c1cnc(-c2[c-]cccc2)cc1CC1CCCCC1.Cc1ccc2c(ccc3nc(-c4[c-]ccc5c4oc4nc(-c6c(C)cccc6C)ccc45)n(Cc4ccccc4)c32)n1.[Ir]. The average Bonchev–Trinajstić information content (AvgIpc) is 3.88. The zero-order valence-corrected chi connectivity index (χ0v) is 42.1. The summed E-state index contributed by atoms with van der Waals surface area (Å²) in [7, 11) is -1.36. The molecule has 6 nitrogen and oxygen atoms in total. The minimum Gasteiger partial charge on any atom is -0.486 e. The molecule has 0 bridgehead atoms. The van der Waals surface area contributed by atoms with Gasteiger partial charge in [0.05, 0.1) is 41.7 Å². The van der Waals surface area contributed by atoms with Crippen LogP contribution in [-0.4, -0.2) is 32.6 Å². The normalized spacial score (nSPS) is 13.2. The Morgan fingerprint density at radius 2 is 1.44 bits per heavy atom. The summed E-state index contributed by atoms with van der Waals surface area (Å²) in [5.41, 5.74) is 15.5. The van der Waals surface area contributed by atoms with E-state index in [0.29, 0.717) is 12.3 Å². The van der Waals surface area contributed by atoms with Crippen LogP contribution in [0.3, 0.4) is 0 Å². The molecule has 0 unspecified atom stereocenters. The zero-order valence-electron chi connectivity index (χ0n) is 38.7. The molecule has 0 aliphatic heterocycles. The van der Waals surface area contributed by atoms with E-state index in [0.717, 1.165) is 83.8 Å². The van der Waals surface area contributed by atoms with Crippen molar-refractivity contribution in [3.05, 3.63) is 174 Å². The van der Waals surface area contributed by atoms with E-state index in [1.54, 1.807) is 10.8 Å². The molecular weight excluding hydrogens is 1000 g/mol. The van der Waals surface area contributed by atoms with E-state index in [-0.39, 0.29) is 20.1 Å². The first kappa shape index (κ1) is 45.1. The molecule has 333 valence electrons. The molecule has 5 heterocycles. The van der Waals surface area contributed by atoms with Crippen molar-refractivity contribution < 1.29 is 24.5 Å². The van der Waals surface area contributed by atoms with E-state index in [1.807, 2.05) is 31.2 Å². The predicted molar refractivity (Wildman–Crippen MR) is 271 cm³/mol. The molecule has 0 N–H and O–H groups in total. The molecule has 0 amide bonds. The van der Waals surface area contributed by atoms with Gasteiger partial charge in [-0.2, -0.15) is 0 Å². The van der Waals surface area contributed by atoms with Gasteiger partial charge < -0.3 is 14.0 Å². The van der Waals surface area contributed by atoms with E-state index >= 15 is 0 Å². The number of rotatable bonds is 8. The summed E-state index contributed by atoms with van der Waals surface area (Å²) in [4.78, 5) is 19.8. The minimum absolute atomic E-state index is 0. The second kappa shape index (κ2) is 19.0. The van der Waals surface area contributed by atoms with Gasteiger partial charge in [0.2, 0.25) is 5.71 Å². The van der Waals surface area contributed by atoms with Gasteiger partial charge in [-0.1, -0.05) is 123 Å². The predicted octanol–water partition coefficient (Wildman–Crippen LogP) is 14.2. The average molecular weight is 1060 g/mol. The molecule has 1 aliphatic carbocycles. The summed E-state index contributed by atoms with van der Waals surface area (Å²) in [6.07, 6.45) is 10.5. The molecule has 5 aromatic carbocycles. The van der Waals surface area contributed by atoms with E-state index in [9.17, 15) is 0 Å². The van der Waals surface area contributed by atoms with Gasteiger partial charge in [-0.25, -0.2) is 4.98 Å². The molecule has 8 heteroatoms. The number of aryl methyl sites for hydroxylation is 3. The van der Waals surface area contributed by atoms with Gasteiger partial charge in [-0.15, -0.1) is 54.1 Å². The van der Waals surface area contributed by atoms with Crippen LogP contribution >= 0.6 is 0 Å². The number of hydrogen-bond donors (Lipinski definition) is 0. The molecule has 1 aliphatic rings. The number of aromatic nitrogens is 5. The number of furan rings is 1. The Hall–Kier alpha value is -6.05. The van der Waals surface area contributed by atoms with Crippen molar-refractivity contribution in [2.75, 3.05) is 0 Å². The Labute approximate surface area is 403 Å². The van der Waals surface area contributed by atoms with Crippen molar-refractivity contribution in [2.24, 2.45) is 5.92 Å². The Balaban J connectivity index is 0.000000194. The Kier molecular flexibility index (Phi) is 13.0. The topological polar surface area (TPSA) is 69.6 Å². The fraction of sp³-hybridized carbons (Fsp3) is 0.241. The van der Waals surface area contributed by atoms with Crippen molar-refractivity contribution in [1.29, 1.82) is 0 Å². The fourth-order valence-corrected chi connectivity index (χ4v) is 11.5. The van der Waals surface area contributed by atoms with E-state index in [4.69, 9.17) is 24.4 Å². The molecule has 1 saturated carbocycles. The van der Waals surface area contributed by atoms with Crippen LogP contribution in [0.4, 0.5) is 0 Å². The number of benzene rings is 5. The standard InChI is InChI=1S/C37H27N4O.C21H28NSi.Ir/c1-22-9-7-10-23(2)33(22)31-18-17-27-26-13-8-14-29(35(26)42-37(27)40-31)36-39-32-20-19-30-28(16-15-24(3)38-30)34(32)41(36)21-25-11-5-4-6-12-25;1-23(2,3)21-16-22-20(18-12-8-5-9-13-18)15-19(21)14-17-10-6-4-7-11-17;/h4-13,15-20H,21H2,1-3H3;5,8-9,12,15-17H,4,6-7,10-11,14H2,1-3H3;/q2*-1;. The summed E-state index contributed by atoms with van der Waals surface area (Å²) in [5.74, 6) is 1.68. The molecule has 1 radical (unpaired) electrons. The first-order chi connectivity index (χ1) is 31.6. The fourth-order valence-electron chi connectivity index (χ4n) is 9.93. The van der Waals surface area contributed by atoms with Gasteiger partial charge in [-0.05, 0) is 97.1 Å². The molecule has 5 aromatic heterocycles. The molecule has 11 rings (SSSR count). The third-order valence-electron chi connectivity index (χ3n) is 13.2. The molecule has 66 heavy (non-hydrogen) atoms. The second-order valence-corrected chi connectivity index (χ2v) is 24.0. The van der Waals surface area contributed by atoms with Gasteiger partial charge >= 0.3 is 0 Å². The third kappa shape index (κ3) is 9.07. The quantitative estimate of drug-likeness (QED) is 0.112. The van der Waals surface area contributed by atoms with Gasteiger partial charge in [0.25, 0.3) is 0 Å². The van der Waals surface area contributed by atoms with Crippen molar-refractivity contribution in [3.8, 4) is 33.9 Å². The maximum absolute atomic E-state index is 6.58. The maximum atomic E-state index is 6.58. The number of imidazole rings is 1. The molecular formula is C58H55IrN5OSi-2. The van der Waals surface area contributed by atoms with Gasteiger partial charge in [0, 0.05) is 54.9 Å². The van der Waals surface area contributed by atoms with Crippen LogP contribution < -0.4 is 5.19 Å².